The molecule has 0 radical (unpaired) electrons. The van der Waals surface area contributed by atoms with Crippen LogP contribution in [0.1, 0.15) is 15.9 Å². The van der Waals surface area contributed by atoms with E-state index in [1.807, 2.05) is 0 Å². The molecule has 4 aromatic rings. The molecule has 7 nitrogen and oxygen atoms in total. The van der Waals surface area contributed by atoms with Gasteiger partial charge in [0.2, 0.25) is 0 Å². The number of amides is 1. The number of fused-ring (bicyclic) bond motifs is 1. The van der Waals surface area contributed by atoms with Crippen LogP contribution in [-0.4, -0.2) is 31.9 Å². The molecule has 0 aliphatic carbocycles. The molecule has 0 bridgehead atoms. The number of nitrogens with zero attached hydrogens (tertiary/aromatic N) is 3. The third kappa shape index (κ3) is 4.34. The highest BCUT2D eigenvalue weighted by Gasteiger charge is 2.15. The molecular formula is C21H17ClFN5O2S. The third-order valence-corrected chi connectivity index (χ3v) is 6.08. The highest BCUT2D eigenvalue weighted by molar-refractivity contribution is 7.83. The number of pyridine rings is 1. The highest BCUT2D eigenvalue weighted by atomic mass is 35.5. The summed E-state index contributed by atoms with van der Waals surface area (Å²) in [5.41, 5.74) is 2.32. The fraction of sp³-hybridized carbons (Fsp3) is 0.0952. The summed E-state index contributed by atoms with van der Waals surface area (Å²) in [6, 6.07) is 10.9. The zero-order valence-electron chi connectivity index (χ0n) is 16.3. The van der Waals surface area contributed by atoms with Gasteiger partial charge in [-0.1, -0.05) is 17.7 Å². The van der Waals surface area contributed by atoms with Crippen molar-refractivity contribution in [3.8, 4) is 5.69 Å². The first-order valence-corrected chi connectivity index (χ1v) is 10.7. The number of rotatable bonds is 6. The maximum absolute atomic E-state index is 13.2. The average molecular weight is 458 g/mol. The first kappa shape index (κ1) is 21.1. The van der Waals surface area contributed by atoms with Gasteiger partial charge in [0.25, 0.3) is 5.91 Å². The number of hydrogen-bond acceptors (Lipinski definition) is 4. The van der Waals surface area contributed by atoms with Gasteiger partial charge in [-0.05, 0) is 49.0 Å². The predicted molar refractivity (Wildman–Crippen MR) is 117 cm³/mol. The molecule has 1 amide bonds. The van der Waals surface area contributed by atoms with E-state index in [4.69, 9.17) is 11.6 Å². The molecule has 1 unspecified atom stereocenters. The normalized spacial score (nSPS) is 12.1. The Labute approximate surface area is 184 Å². The van der Waals surface area contributed by atoms with E-state index in [0.29, 0.717) is 37.6 Å². The van der Waals surface area contributed by atoms with Crippen molar-refractivity contribution < 1.29 is 13.4 Å². The predicted octanol–water partition coefficient (Wildman–Crippen LogP) is 3.39. The molecule has 31 heavy (non-hydrogen) atoms. The molecule has 2 N–H and O–H groups in total. The molecule has 158 valence electrons. The van der Waals surface area contributed by atoms with E-state index in [0.717, 1.165) is 0 Å². The topological polar surface area (TPSA) is 88.9 Å². The summed E-state index contributed by atoms with van der Waals surface area (Å²) in [6.07, 6.45) is 4.64. The second-order valence-corrected chi connectivity index (χ2v) is 8.39. The van der Waals surface area contributed by atoms with Gasteiger partial charge in [-0.25, -0.2) is 18.0 Å². The zero-order valence-corrected chi connectivity index (χ0v) is 17.9. The van der Waals surface area contributed by atoms with Crippen LogP contribution >= 0.6 is 11.6 Å². The summed E-state index contributed by atoms with van der Waals surface area (Å²) < 4.78 is 29.3. The van der Waals surface area contributed by atoms with Crippen molar-refractivity contribution in [1.82, 2.24) is 24.8 Å². The minimum atomic E-state index is -1.34. The second kappa shape index (κ2) is 8.93. The summed E-state index contributed by atoms with van der Waals surface area (Å²) >= 11 is 6.27. The third-order valence-electron chi connectivity index (χ3n) is 4.68. The maximum atomic E-state index is 13.2. The van der Waals surface area contributed by atoms with Crippen LogP contribution in [0.15, 0.2) is 66.0 Å². The lowest BCUT2D eigenvalue weighted by atomic mass is 10.1. The number of nitrogens with one attached hydrogen (secondary N) is 2. The first-order chi connectivity index (χ1) is 15.0. The van der Waals surface area contributed by atoms with Crippen LogP contribution in [-0.2, 0) is 17.5 Å². The van der Waals surface area contributed by atoms with E-state index in [2.05, 4.69) is 20.1 Å². The lowest BCUT2D eigenvalue weighted by Crippen LogP contribution is -2.23. The summed E-state index contributed by atoms with van der Waals surface area (Å²) in [4.78, 5) is 17.5. The Hall–Kier alpha value is -3.14. The Morgan fingerprint density at radius 3 is 2.65 bits per heavy atom. The van der Waals surface area contributed by atoms with Crippen LogP contribution in [0.2, 0.25) is 5.02 Å². The number of aromatic nitrogens is 3. The van der Waals surface area contributed by atoms with E-state index < -0.39 is 11.0 Å². The summed E-state index contributed by atoms with van der Waals surface area (Å²) in [6.45, 7) is 0.187. The van der Waals surface area contributed by atoms with Crippen molar-refractivity contribution in [3.63, 3.8) is 0 Å². The smallest absolute Gasteiger partial charge is 0.253 e. The fourth-order valence-corrected chi connectivity index (χ4v) is 4.05. The van der Waals surface area contributed by atoms with Crippen LogP contribution < -0.4 is 10.0 Å². The quantitative estimate of drug-likeness (QED) is 0.464. The molecule has 0 aliphatic heterocycles. The molecule has 0 fully saturated rings. The average Bonchev–Trinajstić information content (AvgIpc) is 3.22. The van der Waals surface area contributed by atoms with E-state index in [1.54, 1.807) is 54.5 Å². The molecule has 2 aromatic carbocycles. The molecule has 4 rings (SSSR count). The monoisotopic (exact) mass is 457 g/mol. The number of carbonyl (C=O) groups excluding carboxylic acids is 1. The SMILES string of the molecule is CNS(=O)c1ccc(CNC(=O)c2cncc3c2cnn3-c2ccc(F)cc2)c(Cl)c1. The maximum Gasteiger partial charge on any atom is 0.253 e. The highest BCUT2D eigenvalue weighted by Crippen LogP contribution is 2.22. The fourth-order valence-electron chi connectivity index (χ4n) is 3.09. The van der Waals surface area contributed by atoms with Gasteiger partial charge in [-0.3, -0.25) is 9.78 Å². The molecule has 10 heteroatoms. The molecule has 2 aromatic heterocycles. The lowest BCUT2D eigenvalue weighted by Gasteiger charge is -2.09. The van der Waals surface area contributed by atoms with Crippen LogP contribution in [0, 0.1) is 5.82 Å². The summed E-state index contributed by atoms with van der Waals surface area (Å²) in [7, 11) is 0.246. The molecule has 1 atom stereocenters. The van der Waals surface area contributed by atoms with E-state index in [1.165, 1.54) is 18.3 Å². The number of carbonyl (C=O) groups is 1. The Bertz CT molecular complexity index is 1290. The second-order valence-electron chi connectivity index (χ2n) is 6.56. The first-order valence-electron chi connectivity index (χ1n) is 9.21. The molecular weight excluding hydrogens is 441 g/mol. The van der Waals surface area contributed by atoms with Crippen molar-refractivity contribution >= 4 is 39.4 Å². The van der Waals surface area contributed by atoms with Gasteiger partial charge in [0.1, 0.15) is 16.8 Å². The lowest BCUT2D eigenvalue weighted by molar-refractivity contribution is 0.0952. The Balaban J connectivity index is 1.56. The van der Waals surface area contributed by atoms with E-state index in [-0.39, 0.29) is 18.3 Å². The molecule has 0 saturated carbocycles. The van der Waals surface area contributed by atoms with Crippen molar-refractivity contribution in [2.24, 2.45) is 0 Å². The van der Waals surface area contributed by atoms with Gasteiger partial charge >= 0.3 is 0 Å². The Morgan fingerprint density at radius 2 is 1.94 bits per heavy atom. The van der Waals surface area contributed by atoms with Gasteiger partial charge in [0.05, 0.1) is 34.1 Å². The van der Waals surface area contributed by atoms with Crippen LogP contribution in [0.4, 0.5) is 4.39 Å². The summed E-state index contributed by atoms with van der Waals surface area (Å²) in [5.74, 6) is -0.682. The van der Waals surface area contributed by atoms with Crippen molar-refractivity contribution in [1.29, 1.82) is 0 Å². The molecule has 0 aliphatic rings. The molecule has 0 saturated heterocycles. The standard InChI is InChI=1S/C21H17ClFN5O2S/c1-24-31(30)16-7-2-13(19(22)8-16)9-26-21(29)18-10-25-12-20-17(18)11-27-28(20)15-5-3-14(23)4-6-15/h2-8,10-12,24H,9H2,1H3,(H,26,29). The van der Waals surface area contributed by atoms with Gasteiger partial charge < -0.3 is 5.32 Å². The Morgan fingerprint density at radius 1 is 1.16 bits per heavy atom. The Kier molecular flexibility index (Phi) is 6.08. The number of benzene rings is 2. The van der Waals surface area contributed by atoms with E-state index in [9.17, 15) is 13.4 Å². The van der Waals surface area contributed by atoms with Crippen LogP contribution in [0.25, 0.3) is 16.6 Å². The van der Waals surface area contributed by atoms with Crippen LogP contribution in [0.3, 0.4) is 0 Å². The number of hydrogen-bond donors (Lipinski definition) is 2. The van der Waals surface area contributed by atoms with Crippen LogP contribution in [0.5, 0.6) is 0 Å². The minimum Gasteiger partial charge on any atom is -0.348 e. The number of halogens is 2. The molecule has 2 heterocycles. The van der Waals surface area contributed by atoms with Gasteiger partial charge in [0.15, 0.2) is 0 Å². The summed E-state index contributed by atoms with van der Waals surface area (Å²) in [5, 5.41) is 8.17. The van der Waals surface area contributed by atoms with Crippen molar-refractivity contribution in [3.05, 3.63) is 83.0 Å². The molecule has 0 spiro atoms. The largest absolute Gasteiger partial charge is 0.348 e. The van der Waals surface area contributed by atoms with Crippen molar-refractivity contribution in [2.45, 2.75) is 11.4 Å². The minimum absolute atomic E-state index is 0.187. The van der Waals surface area contributed by atoms with Gasteiger partial charge in [-0.15, -0.1) is 0 Å². The van der Waals surface area contributed by atoms with Crippen molar-refractivity contribution in [2.75, 3.05) is 7.05 Å². The zero-order chi connectivity index (χ0) is 22.0. The van der Waals surface area contributed by atoms with Gasteiger partial charge in [-0.2, -0.15) is 5.10 Å². The van der Waals surface area contributed by atoms with E-state index >= 15 is 0 Å². The van der Waals surface area contributed by atoms with Gasteiger partial charge in [0, 0.05) is 23.2 Å².